The van der Waals surface area contributed by atoms with Crippen LogP contribution in [0.5, 0.6) is 0 Å². The van der Waals surface area contributed by atoms with Gasteiger partial charge in [-0.2, -0.15) is 0 Å². The predicted molar refractivity (Wildman–Crippen MR) is 105 cm³/mol. The Balaban J connectivity index is 2.04. The number of sulfonamides is 1. The Morgan fingerprint density at radius 3 is 2.30 bits per heavy atom. The molecular formula is C20H26N2O4S. The summed E-state index contributed by atoms with van der Waals surface area (Å²) in [5.74, 6) is -0.263. The number of nitrogens with one attached hydrogen (secondary N) is 2. The van der Waals surface area contributed by atoms with Crippen molar-refractivity contribution in [1.29, 1.82) is 0 Å². The number of benzene rings is 2. The fourth-order valence-corrected chi connectivity index (χ4v) is 3.83. The molecule has 0 aliphatic heterocycles. The largest absolute Gasteiger partial charge is 0.380 e. The van der Waals surface area contributed by atoms with Gasteiger partial charge in [0.05, 0.1) is 11.5 Å². The molecule has 1 unspecified atom stereocenters. The quantitative estimate of drug-likeness (QED) is 0.690. The van der Waals surface area contributed by atoms with E-state index < -0.39 is 10.0 Å². The summed E-state index contributed by atoms with van der Waals surface area (Å²) in [7, 11) is -1.95. The number of methoxy groups -OCH3 is 1. The van der Waals surface area contributed by atoms with Crippen LogP contribution in [0.2, 0.25) is 0 Å². The third-order valence-electron chi connectivity index (χ3n) is 4.25. The maximum absolute atomic E-state index is 12.4. The predicted octanol–water partition coefficient (Wildman–Crippen LogP) is 2.84. The van der Waals surface area contributed by atoms with Crippen LogP contribution in [0.4, 0.5) is 0 Å². The van der Waals surface area contributed by atoms with E-state index in [9.17, 15) is 13.2 Å². The number of hydrogen-bond donors (Lipinski definition) is 2. The van der Waals surface area contributed by atoms with Gasteiger partial charge in [-0.05, 0) is 48.7 Å². The first kappa shape index (κ1) is 21.1. The van der Waals surface area contributed by atoms with Crippen molar-refractivity contribution in [1.82, 2.24) is 10.0 Å². The van der Waals surface area contributed by atoms with E-state index in [1.807, 2.05) is 31.2 Å². The molecule has 7 heteroatoms. The maximum atomic E-state index is 12.4. The summed E-state index contributed by atoms with van der Waals surface area (Å²) in [6.07, 6.45) is 0.699. The van der Waals surface area contributed by atoms with Crippen molar-refractivity contribution in [2.45, 2.75) is 44.4 Å². The fraction of sp³-hybridized carbons (Fsp3) is 0.350. The lowest BCUT2D eigenvalue weighted by molar-refractivity contribution is 0.0950. The molecule has 0 fully saturated rings. The van der Waals surface area contributed by atoms with Crippen molar-refractivity contribution in [3.63, 3.8) is 0 Å². The highest BCUT2D eigenvalue weighted by molar-refractivity contribution is 7.89. The minimum atomic E-state index is -3.58. The van der Waals surface area contributed by atoms with Gasteiger partial charge in [0.15, 0.2) is 0 Å². The molecule has 0 aliphatic rings. The molecule has 0 aliphatic carbocycles. The highest BCUT2D eigenvalue weighted by Gasteiger charge is 2.17. The number of carbonyl (C=O) groups is 1. The van der Waals surface area contributed by atoms with Gasteiger partial charge >= 0.3 is 0 Å². The molecule has 1 atom stereocenters. The minimum Gasteiger partial charge on any atom is -0.380 e. The van der Waals surface area contributed by atoms with Crippen LogP contribution in [0.1, 0.15) is 41.8 Å². The van der Waals surface area contributed by atoms with Crippen molar-refractivity contribution < 1.29 is 17.9 Å². The Labute approximate surface area is 161 Å². The Hall–Kier alpha value is -2.22. The molecule has 0 aromatic heterocycles. The van der Waals surface area contributed by atoms with Crippen LogP contribution < -0.4 is 10.0 Å². The Bertz CT molecular complexity index is 864. The molecule has 2 N–H and O–H groups in total. The summed E-state index contributed by atoms with van der Waals surface area (Å²) in [4.78, 5) is 12.5. The first-order chi connectivity index (χ1) is 12.9. The highest BCUT2D eigenvalue weighted by Crippen LogP contribution is 2.13. The first-order valence-corrected chi connectivity index (χ1v) is 10.3. The topological polar surface area (TPSA) is 84.5 Å². The molecule has 0 saturated heterocycles. The van der Waals surface area contributed by atoms with Crippen molar-refractivity contribution in [3.05, 3.63) is 65.2 Å². The van der Waals surface area contributed by atoms with E-state index in [4.69, 9.17) is 4.74 Å². The average Bonchev–Trinajstić information content (AvgIpc) is 2.67. The van der Waals surface area contributed by atoms with Crippen LogP contribution in [0.25, 0.3) is 0 Å². The minimum absolute atomic E-state index is 0.143. The average molecular weight is 391 g/mol. The summed E-state index contributed by atoms with van der Waals surface area (Å²) in [6, 6.07) is 13.5. The third-order valence-corrected chi connectivity index (χ3v) is 5.86. The molecule has 27 heavy (non-hydrogen) atoms. The normalized spacial score (nSPS) is 12.6. The fourth-order valence-electron chi connectivity index (χ4n) is 2.51. The SMILES string of the molecule is CCC(C)NS(=O)(=O)c1ccc(C(=O)NCc2ccccc2COC)cc1. The monoisotopic (exact) mass is 390 g/mol. The van der Waals surface area contributed by atoms with Crippen molar-refractivity contribution in [2.75, 3.05) is 7.11 Å². The van der Waals surface area contributed by atoms with E-state index in [1.54, 1.807) is 14.0 Å². The molecule has 2 aromatic carbocycles. The van der Waals surface area contributed by atoms with Gasteiger partial charge in [-0.1, -0.05) is 31.2 Å². The molecule has 2 aromatic rings. The zero-order valence-corrected chi connectivity index (χ0v) is 16.7. The second-order valence-electron chi connectivity index (χ2n) is 6.34. The summed E-state index contributed by atoms with van der Waals surface area (Å²) in [5.41, 5.74) is 2.39. The summed E-state index contributed by atoms with van der Waals surface area (Å²) >= 11 is 0. The second kappa shape index (κ2) is 9.64. The summed E-state index contributed by atoms with van der Waals surface area (Å²) in [5, 5.41) is 2.85. The molecule has 2 rings (SSSR count). The molecule has 0 radical (unpaired) electrons. The standard InChI is InChI=1S/C20H26N2O4S/c1-4-15(2)22-27(24,25)19-11-9-16(10-12-19)20(23)21-13-17-7-5-6-8-18(17)14-26-3/h5-12,15,22H,4,13-14H2,1-3H3,(H,21,23). The molecule has 146 valence electrons. The number of hydrogen-bond acceptors (Lipinski definition) is 4. The van der Waals surface area contributed by atoms with Crippen molar-refractivity contribution in [2.24, 2.45) is 0 Å². The van der Waals surface area contributed by atoms with Crippen LogP contribution in [-0.2, 0) is 27.9 Å². The van der Waals surface area contributed by atoms with Crippen LogP contribution in [0, 0.1) is 0 Å². The maximum Gasteiger partial charge on any atom is 0.251 e. The van der Waals surface area contributed by atoms with E-state index >= 15 is 0 Å². The summed E-state index contributed by atoms with van der Waals surface area (Å²) in [6.45, 7) is 4.56. The van der Waals surface area contributed by atoms with Crippen LogP contribution in [0.3, 0.4) is 0 Å². The van der Waals surface area contributed by atoms with Crippen LogP contribution in [0.15, 0.2) is 53.4 Å². The van der Waals surface area contributed by atoms with Gasteiger partial charge in [0, 0.05) is 25.3 Å². The lowest BCUT2D eigenvalue weighted by Crippen LogP contribution is -2.32. The van der Waals surface area contributed by atoms with Crippen LogP contribution >= 0.6 is 0 Å². The van der Waals surface area contributed by atoms with Gasteiger partial charge in [-0.25, -0.2) is 13.1 Å². The Morgan fingerprint density at radius 1 is 1.07 bits per heavy atom. The number of carbonyl (C=O) groups excluding carboxylic acids is 1. The molecule has 0 spiro atoms. The van der Waals surface area contributed by atoms with Gasteiger partial charge in [0.25, 0.3) is 5.91 Å². The third kappa shape index (κ3) is 5.89. The second-order valence-corrected chi connectivity index (χ2v) is 8.05. The number of amides is 1. The molecule has 0 heterocycles. The lowest BCUT2D eigenvalue weighted by Gasteiger charge is -2.13. The van der Waals surface area contributed by atoms with E-state index in [2.05, 4.69) is 10.0 Å². The van der Waals surface area contributed by atoms with Crippen molar-refractivity contribution >= 4 is 15.9 Å². The van der Waals surface area contributed by atoms with Gasteiger partial charge in [-0.3, -0.25) is 4.79 Å². The van der Waals surface area contributed by atoms with Gasteiger partial charge < -0.3 is 10.1 Å². The highest BCUT2D eigenvalue weighted by atomic mass is 32.2. The van der Waals surface area contributed by atoms with E-state index in [1.165, 1.54) is 24.3 Å². The summed E-state index contributed by atoms with van der Waals surface area (Å²) < 4.78 is 32.3. The van der Waals surface area contributed by atoms with Gasteiger partial charge in [0.2, 0.25) is 10.0 Å². The Morgan fingerprint density at radius 2 is 1.70 bits per heavy atom. The van der Waals surface area contributed by atoms with E-state index in [0.717, 1.165) is 11.1 Å². The van der Waals surface area contributed by atoms with E-state index in [0.29, 0.717) is 25.1 Å². The van der Waals surface area contributed by atoms with Gasteiger partial charge in [-0.15, -0.1) is 0 Å². The number of rotatable bonds is 9. The zero-order chi connectivity index (χ0) is 19.9. The van der Waals surface area contributed by atoms with E-state index in [-0.39, 0.29) is 16.8 Å². The molecular weight excluding hydrogens is 364 g/mol. The molecule has 0 bridgehead atoms. The van der Waals surface area contributed by atoms with Crippen molar-refractivity contribution in [3.8, 4) is 0 Å². The first-order valence-electron chi connectivity index (χ1n) is 8.83. The molecule has 0 saturated carbocycles. The number of ether oxygens (including phenoxy) is 1. The lowest BCUT2D eigenvalue weighted by atomic mass is 10.1. The smallest absolute Gasteiger partial charge is 0.251 e. The van der Waals surface area contributed by atoms with Gasteiger partial charge in [0.1, 0.15) is 0 Å². The molecule has 1 amide bonds. The Kier molecular flexibility index (Phi) is 7.53. The molecule has 6 nitrogen and oxygen atoms in total. The zero-order valence-electron chi connectivity index (χ0n) is 15.9. The van der Waals surface area contributed by atoms with Crippen LogP contribution in [-0.4, -0.2) is 27.5 Å².